The summed E-state index contributed by atoms with van der Waals surface area (Å²) < 4.78 is 1.93. The van der Waals surface area contributed by atoms with Gasteiger partial charge in [0, 0.05) is 29.0 Å². The van der Waals surface area contributed by atoms with E-state index in [1.807, 2.05) is 53.2 Å². The van der Waals surface area contributed by atoms with E-state index in [4.69, 9.17) is 0 Å². The molecule has 0 amide bonds. The highest BCUT2D eigenvalue weighted by Gasteiger charge is 2.08. The molecule has 0 unspecified atom stereocenters. The Balaban J connectivity index is 1.86. The summed E-state index contributed by atoms with van der Waals surface area (Å²) in [6, 6.07) is 15.5. The molecule has 4 aromatic rings. The standard InChI is InChI=1S/C17H12N4O/c22-17-15-4-2-1-3-14(15)16(19-20-17)12-5-7-13(8-6-12)21-10-9-18-11-21/h1-11H,(H,20,22). The van der Waals surface area contributed by atoms with Gasteiger partial charge in [-0.1, -0.05) is 30.3 Å². The molecule has 0 spiro atoms. The molecule has 0 bridgehead atoms. The van der Waals surface area contributed by atoms with Gasteiger partial charge in [-0.25, -0.2) is 10.1 Å². The number of nitrogens with one attached hydrogen (secondary N) is 1. The lowest BCUT2D eigenvalue weighted by molar-refractivity contribution is 1.02. The molecule has 1 N–H and O–H groups in total. The summed E-state index contributed by atoms with van der Waals surface area (Å²) in [5.74, 6) is 0. The Morgan fingerprint density at radius 3 is 2.45 bits per heavy atom. The monoisotopic (exact) mass is 288 g/mol. The lowest BCUT2D eigenvalue weighted by Gasteiger charge is -2.07. The highest BCUT2D eigenvalue weighted by Crippen LogP contribution is 2.24. The van der Waals surface area contributed by atoms with Crippen molar-refractivity contribution < 1.29 is 0 Å². The van der Waals surface area contributed by atoms with Crippen molar-refractivity contribution in [3.8, 4) is 16.9 Å². The van der Waals surface area contributed by atoms with Gasteiger partial charge >= 0.3 is 0 Å². The molecule has 0 fully saturated rings. The highest BCUT2D eigenvalue weighted by atomic mass is 16.1. The summed E-state index contributed by atoms with van der Waals surface area (Å²) in [5.41, 5.74) is 2.58. The van der Waals surface area contributed by atoms with Gasteiger partial charge in [-0.05, 0) is 18.2 Å². The predicted molar refractivity (Wildman–Crippen MR) is 84.9 cm³/mol. The molecule has 2 heterocycles. The molecule has 5 heteroatoms. The number of nitrogens with zero attached hydrogens (tertiary/aromatic N) is 3. The van der Waals surface area contributed by atoms with Crippen molar-refractivity contribution in [2.75, 3.05) is 0 Å². The van der Waals surface area contributed by atoms with Crippen LogP contribution in [0.3, 0.4) is 0 Å². The van der Waals surface area contributed by atoms with E-state index in [1.54, 1.807) is 18.6 Å². The van der Waals surface area contributed by atoms with Gasteiger partial charge in [0.05, 0.1) is 17.4 Å². The molecule has 0 saturated carbocycles. The van der Waals surface area contributed by atoms with Crippen LogP contribution in [0.2, 0.25) is 0 Å². The summed E-state index contributed by atoms with van der Waals surface area (Å²) in [6.07, 6.45) is 5.39. The third-order valence-corrected chi connectivity index (χ3v) is 3.64. The number of rotatable bonds is 2. The zero-order valence-electron chi connectivity index (χ0n) is 11.6. The number of fused-ring (bicyclic) bond motifs is 1. The molecule has 0 saturated heterocycles. The average Bonchev–Trinajstić information content (AvgIpc) is 3.10. The number of hydrogen-bond acceptors (Lipinski definition) is 3. The third kappa shape index (κ3) is 2.00. The topological polar surface area (TPSA) is 63.6 Å². The highest BCUT2D eigenvalue weighted by molar-refractivity contribution is 5.93. The molecular formula is C17H12N4O. The van der Waals surface area contributed by atoms with Gasteiger partial charge in [0.1, 0.15) is 0 Å². The van der Waals surface area contributed by atoms with Gasteiger partial charge in [0.2, 0.25) is 0 Å². The Morgan fingerprint density at radius 1 is 0.955 bits per heavy atom. The van der Waals surface area contributed by atoms with E-state index in [0.29, 0.717) is 5.39 Å². The normalized spacial score (nSPS) is 10.9. The van der Waals surface area contributed by atoms with Crippen LogP contribution in [-0.4, -0.2) is 19.7 Å². The molecule has 0 aliphatic carbocycles. The molecule has 0 atom stereocenters. The fraction of sp³-hybridized carbons (Fsp3) is 0. The lowest BCUT2D eigenvalue weighted by atomic mass is 10.0. The molecule has 0 radical (unpaired) electrons. The summed E-state index contributed by atoms with van der Waals surface area (Å²) >= 11 is 0. The number of aromatic amines is 1. The number of hydrogen-bond donors (Lipinski definition) is 1. The maximum atomic E-state index is 11.8. The van der Waals surface area contributed by atoms with Gasteiger partial charge in [-0.2, -0.15) is 5.10 Å². The predicted octanol–water partition coefficient (Wildman–Crippen LogP) is 2.78. The molecule has 5 nitrogen and oxygen atoms in total. The number of imidazole rings is 1. The quantitative estimate of drug-likeness (QED) is 0.617. The van der Waals surface area contributed by atoms with Gasteiger partial charge in [-0.3, -0.25) is 4.79 Å². The van der Waals surface area contributed by atoms with Crippen molar-refractivity contribution in [3.63, 3.8) is 0 Å². The summed E-state index contributed by atoms with van der Waals surface area (Å²) in [7, 11) is 0. The Bertz CT molecular complexity index is 985. The van der Waals surface area contributed by atoms with E-state index >= 15 is 0 Å². The molecule has 0 aliphatic rings. The van der Waals surface area contributed by atoms with Crippen molar-refractivity contribution in [2.45, 2.75) is 0 Å². The van der Waals surface area contributed by atoms with E-state index in [2.05, 4.69) is 15.2 Å². The Morgan fingerprint density at radius 2 is 1.73 bits per heavy atom. The molecule has 2 aromatic carbocycles. The van der Waals surface area contributed by atoms with Crippen LogP contribution >= 0.6 is 0 Å². The molecule has 2 aromatic heterocycles. The maximum absolute atomic E-state index is 11.8. The van der Waals surface area contributed by atoms with Crippen molar-refractivity contribution in [1.29, 1.82) is 0 Å². The molecular weight excluding hydrogens is 276 g/mol. The van der Waals surface area contributed by atoms with Crippen molar-refractivity contribution >= 4 is 10.8 Å². The summed E-state index contributed by atoms with van der Waals surface area (Å²) in [5, 5.41) is 8.27. The van der Waals surface area contributed by atoms with E-state index in [-0.39, 0.29) is 5.56 Å². The fourth-order valence-electron chi connectivity index (χ4n) is 2.54. The van der Waals surface area contributed by atoms with Crippen LogP contribution in [0.1, 0.15) is 0 Å². The fourth-order valence-corrected chi connectivity index (χ4v) is 2.54. The zero-order chi connectivity index (χ0) is 14.9. The summed E-state index contributed by atoms with van der Waals surface area (Å²) in [4.78, 5) is 15.9. The van der Waals surface area contributed by atoms with Crippen LogP contribution in [0.15, 0.2) is 72.0 Å². The van der Waals surface area contributed by atoms with Gasteiger partial charge in [0.15, 0.2) is 0 Å². The van der Waals surface area contributed by atoms with Crippen LogP contribution in [-0.2, 0) is 0 Å². The van der Waals surface area contributed by atoms with E-state index in [1.165, 1.54) is 0 Å². The molecule has 22 heavy (non-hydrogen) atoms. The van der Waals surface area contributed by atoms with E-state index in [9.17, 15) is 4.79 Å². The van der Waals surface area contributed by atoms with Crippen LogP contribution in [0.5, 0.6) is 0 Å². The number of aromatic nitrogens is 4. The first kappa shape index (κ1) is 12.5. The SMILES string of the molecule is O=c1[nH]nc(-c2ccc(-n3ccnc3)cc2)c2ccccc12. The number of H-pyrrole nitrogens is 1. The smallest absolute Gasteiger partial charge is 0.272 e. The van der Waals surface area contributed by atoms with Gasteiger partial charge in [-0.15, -0.1) is 0 Å². The van der Waals surface area contributed by atoms with Crippen LogP contribution in [0.25, 0.3) is 27.7 Å². The van der Waals surface area contributed by atoms with Crippen LogP contribution in [0, 0.1) is 0 Å². The van der Waals surface area contributed by atoms with Crippen molar-refractivity contribution in [3.05, 3.63) is 77.6 Å². The largest absolute Gasteiger partial charge is 0.306 e. The second-order valence-electron chi connectivity index (χ2n) is 4.96. The molecule has 4 rings (SSSR count). The lowest BCUT2D eigenvalue weighted by Crippen LogP contribution is -2.09. The summed E-state index contributed by atoms with van der Waals surface area (Å²) in [6.45, 7) is 0. The zero-order valence-corrected chi connectivity index (χ0v) is 11.6. The van der Waals surface area contributed by atoms with Gasteiger partial charge in [0.25, 0.3) is 5.56 Å². The molecule has 0 aliphatic heterocycles. The third-order valence-electron chi connectivity index (χ3n) is 3.64. The Hall–Kier alpha value is -3.21. The van der Waals surface area contributed by atoms with Crippen LogP contribution < -0.4 is 5.56 Å². The second kappa shape index (κ2) is 4.96. The van der Waals surface area contributed by atoms with Crippen molar-refractivity contribution in [1.82, 2.24) is 19.7 Å². The van der Waals surface area contributed by atoms with Gasteiger partial charge < -0.3 is 4.57 Å². The second-order valence-corrected chi connectivity index (χ2v) is 4.96. The minimum absolute atomic E-state index is 0.172. The minimum atomic E-state index is -0.172. The Labute approximate surface area is 125 Å². The molecule has 106 valence electrons. The number of benzene rings is 2. The Kier molecular flexibility index (Phi) is 2.83. The first-order chi connectivity index (χ1) is 10.8. The maximum Gasteiger partial charge on any atom is 0.272 e. The van der Waals surface area contributed by atoms with Crippen molar-refractivity contribution in [2.24, 2.45) is 0 Å². The van der Waals surface area contributed by atoms with E-state index in [0.717, 1.165) is 22.3 Å². The van der Waals surface area contributed by atoms with E-state index < -0.39 is 0 Å². The van der Waals surface area contributed by atoms with Crippen LogP contribution in [0.4, 0.5) is 0 Å². The first-order valence-electron chi connectivity index (χ1n) is 6.89. The average molecular weight is 288 g/mol. The first-order valence-corrected chi connectivity index (χ1v) is 6.89. The minimum Gasteiger partial charge on any atom is -0.306 e.